The lowest BCUT2D eigenvalue weighted by Gasteiger charge is -2.10. The molecule has 2 heterocycles. The van der Waals surface area contributed by atoms with Crippen molar-refractivity contribution in [2.75, 3.05) is 6.54 Å². The van der Waals surface area contributed by atoms with Gasteiger partial charge in [0.2, 0.25) is 0 Å². The lowest BCUT2D eigenvalue weighted by Crippen LogP contribution is -2.17. The summed E-state index contributed by atoms with van der Waals surface area (Å²) in [4.78, 5) is 0. The number of aliphatic hydroxyl groups is 1. The first-order chi connectivity index (χ1) is 6.83. The summed E-state index contributed by atoms with van der Waals surface area (Å²) >= 11 is 0. The summed E-state index contributed by atoms with van der Waals surface area (Å²) in [6, 6.07) is 0. The van der Waals surface area contributed by atoms with Gasteiger partial charge in [-0.15, -0.1) is 10.2 Å². The molecule has 0 fully saturated rings. The number of nitrogens with two attached hydrogens (primary N) is 1. The maximum Gasteiger partial charge on any atom is 0.163 e. The van der Waals surface area contributed by atoms with E-state index in [9.17, 15) is 5.11 Å². The summed E-state index contributed by atoms with van der Waals surface area (Å²) in [7, 11) is 0. The van der Waals surface area contributed by atoms with Gasteiger partial charge in [0.15, 0.2) is 5.82 Å². The van der Waals surface area contributed by atoms with E-state index in [1.54, 1.807) is 0 Å². The van der Waals surface area contributed by atoms with Crippen LogP contribution in [-0.4, -0.2) is 26.4 Å². The Morgan fingerprint density at radius 3 is 3.00 bits per heavy atom. The highest BCUT2D eigenvalue weighted by atomic mass is 16.3. The van der Waals surface area contributed by atoms with Crippen LogP contribution in [0.4, 0.5) is 0 Å². The van der Waals surface area contributed by atoms with Crippen LogP contribution in [0.15, 0.2) is 0 Å². The van der Waals surface area contributed by atoms with Gasteiger partial charge in [-0.2, -0.15) is 0 Å². The Bertz CT molecular complexity index is 310. The number of nitrogens with zero attached hydrogens (tertiary/aromatic N) is 3. The van der Waals surface area contributed by atoms with Crippen LogP contribution in [0.2, 0.25) is 0 Å². The van der Waals surface area contributed by atoms with E-state index in [4.69, 9.17) is 5.73 Å². The standard InChI is InChI=1S/C9H16N4O/c10-6-7(14)9-12-11-8-4-2-1-3-5-13(8)9/h7,14H,1-6,10H2. The molecular formula is C9H16N4O. The molecule has 0 saturated heterocycles. The zero-order chi connectivity index (χ0) is 9.97. The molecule has 14 heavy (non-hydrogen) atoms. The summed E-state index contributed by atoms with van der Waals surface area (Å²) in [5.74, 6) is 1.62. The van der Waals surface area contributed by atoms with Crippen LogP contribution >= 0.6 is 0 Å². The van der Waals surface area contributed by atoms with Gasteiger partial charge < -0.3 is 15.4 Å². The van der Waals surface area contributed by atoms with Gasteiger partial charge in [0.25, 0.3) is 0 Å². The third kappa shape index (κ3) is 1.65. The molecule has 0 spiro atoms. The van der Waals surface area contributed by atoms with E-state index in [1.807, 2.05) is 4.57 Å². The second kappa shape index (κ2) is 4.06. The molecule has 0 aromatic carbocycles. The van der Waals surface area contributed by atoms with Crippen molar-refractivity contribution in [1.29, 1.82) is 0 Å². The molecule has 1 aliphatic rings. The molecule has 0 saturated carbocycles. The van der Waals surface area contributed by atoms with E-state index in [-0.39, 0.29) is 6.54 Å². The summed E-state index contributed by atoms with van der Waals surface area (Å²) < 4.78 is 2.02. The van der Waals surface area contributed by atoms with Gasteiger partial charge in [-0.1, -0.05) is 6.42 Å². The summed E-state index contributed by atoms with van der Waals surface area (Å²) in [6.45, 7) is 1.12. The minimum atomic E-state index is -0.672. The fourth-order valence-electron chi connectivity index (χ4n) is 1.86. The maximum atomic E-state index is 9.62. The van der Waals surface area contributed by atoms with Crippen molar-refractivity contribution in [2.45, 2.75) is 38.3 Å². The Balaban J connectivity index is 2.29. The highest BCUT2D eigenvalue weighted by Gasteiger charge is 2.18. The summed E-state index contributed by atoms with van der Waals surface area (Å²) in [5, 5.41) is 17.7. The van der Waals surface area contributed by atoms with Crippen molar-refractivity contribution >= 4 is 0 Å². The van der Waals surface area contributed by atoms with Gasteiger partial charge in [-0.05, 0) is 12.8 Å². The molecule has 5 nitrogen and oxygen atoms in total. The van der Waals surface area contributed by atoms with Crippen LogP contribution < -0.4 is 5.73 Å². The molecule has 0 aliphatic carbocycles. The lowest BCUT2D eigenvalue weighted by molar-refractivity contribution is 0.171. The highest BCUT2D eigenvalue weighted by molar-refractivity contribution is 5.01. The average Bonchev–Trinajstić information content (AvgIpc) is 2.46. The number of aromatic nitrogens is 3. The normalized spacial score (nSPS) is 18.7. The molecule has 1 atom stereocenters. The molecule has 3 N–H and O–H groups in total. The van der Waals surface area contributed by atoms with Crippen molar-refractivity contribution in [1.82, 2.24) is 14.8 Å². The second-order valence-electron chi connectivity index (χ2n) is 3.69. The lowest BCUT2D eigenvalue weighted by atomic mass is 10.2. The largest absolute Gasteiger partial charge is 0.384 e. The van der Waals surface area contributed by atoms with Gasteiger partial charge >= 0.3 is 0 Å². The molecule has 5 heteroatoms. The van der Waals surface area contributed by atoms with Gasteiger partial charge in [-0.25, -0.2) is 0 Å². The zero-order valence-corrected chi connectivity index (χ0v) is 8.19. The molecule has 1 aliphatic heterocycles. The Hall–Kier alpha value is -0.940. The fourth-order valence-corrected chi connectivity index (χ4v) is 1.86. The maximum absolute atomic E-state index is 9.62. The van der Waals surface area contributed by atoms with Gasteiger partial charge in [0.1, 0.15) is 11.9 Å². The molecule has 1 unspecified atom stereocenters. The summed E-state index contributed by atoms with van der Waals surface area (Å²) in [6.07, 6.45) is 3.81. The van der Waals surface area contributed by atoms with Gasteiger partial charge in [-0.3, -0.25) is 0 Å². The number of fused-ring (bicyclic) bond motifs is 1. The third-order valence-corrected chi connectivity index (χ3v) is 2.66. The minimum absolute atomic E-state index is 0.206. The third-order valence-electron chi connectivity index (χ3n) is 2.66. The topological polar surface area (TPSA) is 77.0 Å². The van der Waals surface area contributed by atoms with E-state index in [1.165, 1.54) is 6.42 Å². The first kappa shape index (κ1) is 9.61. The SMILES string of the molecule is NCC(O)c1nnc2n1CCCCC2. The van der Waals surface area contributed by atoms with Gasteiger partial charge in [0, 0.05) is 19.5 Å². The first-order valence-electron chi connectivity index (χ1n) is 5.13. The Morgan fingerprint density at radius 2 is 2.21 bits per heavy atom. The molecule has 78 valence electrons. The molecular weight excluding hydrogens is 180 g/mol. The van der Waals surface area contributed by atoms with Crippen molar-refractivity contribution in [3.8, 4) is 0 Å². The number of hydrogen-bond donors (Lipinski definition) is 2. The monoisotopic (exact) mass is 196 g/mol. The predicted octanol–water partition coefficient (Wildman–Crippen LogP) is -0.00340. The summed E-state index contributed by atoms with van der Waals surface area (Å²) in [5.41, 5.74) is 5.40. The quantitative estimate of drug-likeness (QED) is 0.697. The molecule has 0 amide bonds. The number of hydrogen-bond acceptors (Lipinski definition) is 4. The molecule has 1 aromatic heterocycles. The van der Waals surface area contributed by atoms with Crippen molar-refractivity contribution in [2.24, 2.45) is 5.73 Å². The van der Waals surface area contributed by atoms with Crippen LogP contribution in [0.3, 0.4) is 0 Å². The van der Waals surface area contributed by atoms with E-state index in [0.717, 1.165) is 31.6 Å². The highest BCUT2D eigenvalue weighted by Crippen LogP contribution is 2.17. The molecule has 0 bridgehead atoms. The van der Waals surface area contributed by atoms with Crippen LogP contribution in [-0.2, 0) is 13.0 Å². The molecule has 0 radical (unpaired) electrons. The van der Waals surface area contributed by atoms with Crippen LogP contribution in [0.5, 0.6) is 0 Å². The second-order valence-corrected chi connectivity index (χ2v) is 3.69. The Kier molecular flexibility index (Phi) is 2.79. The van der Waals surface area contributed by atoms with Crippen molar-refractivity contribution in [3.63, 3.8) is 0 Å². The van der Waals surface area contributed by atoms with Gasteiger partial charge in [0.05, 0.1) is 0 Å². The van der Waals surface area contributed by atoms with E-state index < -0.39 is 6.10 Å². The fraction of sp³-hybridized carbons (Fsp3) is 0.778. The Labute approximate surface area is 82.9 Å². The molecule has 1 aromatic rings. The van der Waals surface area contributed by atoms with E-state index in [2.05, 4.69) is 10.2 Å². The van der Waals surface area contributed by atoms with Crippen LogP contribution in [0.1, 0.15) is 37.0 Å². The average molecular weight is 196 g/mol. The van der Waals surface area contributed by atoms with Crippen molar-refractivity contribution < 1.29 is 5.11 Å². The number of aryl methyl sites for hydroxylation is 1. The van der Waals surface area contributed by atoms with Crippen LogP contribution in [0, 0.1) is 0 Å². The minimum Gasteiger partial charge on any atom is -0.384 e. The van der Waals surface area contributed by atoms with Crippen molar-refractivity contribution in [3.05, 3.63) is 11.6 Å². The number of rotatable bonds is 2. The molecule has 2 rings (SSSR count). The Morgan fingerprint density at radius 1 is 1.36 bits per heavy atom. The van der Waals surface area contributed by atoms with Crippen LogP contribution in [0.25, 0.3) is 0 Å². The zero-order valence-electron chi connectivity index (χ0n) is 8.19. The van der Waals surface area contributed by atoms with E-state index >= 15 is 0 Å². The smallest absolute Gasteiger partial charge is 0.163 e. The first-order valence-corrected chi connectivity index (χ1v) is 5.13. The van der Waals surface area contributed by atoms with E-state index in [0.29, 0.717) is 5.82 Å². The number of aliphatic hydroxyl groups excluding tert-OH is 1. The predicted molar refractivity (Wildman–Crippen MR) is 51.6 cm³/mol.